The molecule has 2 amide bonds. The third-order valence-corrected chi connectivity index (χ3v) is 17.6. The van der Waals surface area contributed by atoms with Crippen LogP contribution in [-0.4, -0.2) is 111 Å². The predicted molar refractivity (Wildman–Crippen MR) is 260 cm³/mol. The standard InChI is InChI=1S/C46H60ClN6O12PS2/c1-31(2)29-63-44(57)49-38(25-45(4,5)42(67(59)60)68(61)62)41(55)48-36-21-23-52(24-22-36)66(47,58)64-30-37-27-51(28-39(65-37)53-26-32(3)40(54)50-43(53)56)46(33-15-9-6-10-16-33,34-17-11-7-12-18-34)35-19-13-8-14-20-35/h6-20,26,31,36-39,42H,21-25,27-30H2,1-5H3,(H,48,55)(H,49,57)(H,59,60)(H,61,62)(H,50,54,56)/t37-,38?,39+,66?/m0/s1. The lowest BCUT2D eigenvalue weighted by Crippen LogP contribution is -2.58. The maximum atomic E-state index is 14.3. The Morgan fingerprint density at radius 3 is 1.94 bits per heavy atom. The van der Waals surface area contributed by atoms with Crippen LogP contribution in [0.3, 0.4) is 0 Å². The van der Waals surface area contributed by atoms with E-state index in [0.29, 0.717) is 5.56 Å². The molecule has 370 valence electrons. The average molecular weight is 1020 g/mol. The molecular weight excluding hydrogens is 959 g/mol. The van der Waals surface area contributed by atoms with Crippen molar-refractivity contribution in [2.24, 2.45) is 11.3 Å². The molecule has 0 saturated carbocycles. The Kier molecular flexibility index (Phi) is 18.0. The summed E-state index contributed by atoms with van der Waals surface area (Å²) < 4.78 is 77.3. The first-order valence-corrected chi connectivity index (χ1v) is 27.1. The Morgan fingerprint density at radius 2 is 1.44 bits per heavy atom. The number of ether oxygens (including phenoxy) is 2. The number of carbonyl (C=O) groups is 2. The van der Waals surface area contributed by atoms with Crippen molar-refractivity contribution >= 4 is 52.3 Å². The van der Waals surface area contributed by atoms with E-state index in [1.54, 1.807) is 6.92 Å². The van der Waals surface area contributed by atoms with Gasteiger partial charge >= 0.3 is 18.7 Å². The number of aryl methyl sites for hydroxylation is 1. The quantitative estimate of drug-likeness (QED) is 0.0417. The number of amides is 2. The predicted octanol–water partition coefficient (Wildman–Crippen LogP) is 5.92. The number of hydrogen-bond donors (Lipinski definition) is 5. The first-order chi connectivity index (χ1) is 32.2. The second-order valence-corrected chi connectivity index (χ2v) is 23.5. The van der Waals surface area contributed by atoms with Crippen LogP contribution in [0.1, 0.15) is 75.4 Å². The Balaban J connectivity index is 1.21. The highest BCUT2D eigenvalue weighted by Gasteiger charge is 2.48. The van der Waals surface area contributed by atoms with Crippen LogP contribution in [0.2, 0.25) is 0 Å². The number of rotatable bonds is 19. The van der Waals surface area contributed by atoms with E-state index in [4.69, 9.17) is 25.2 Å². The molecule has 0 spiro atoms. The van der Waals surface area contributed by atoms with Crippen LogP contribution in [0, 0.1) is 18.3 Å². The molecule has 2 aliphatic heterocycles. The number of piperidine rings is 1. The number of H-pyrrole nitrogens is 1. The van der Waals surface area contributed by atoms with Gasteiger partial charge in [-0.1, -0.05) is 119 Å². The van der Waals surface area contributed by atoms with E-state index in [1.807, 2.05) is 105 Å². The number of aromatic nitrogens is 2. The maximum absolute atomic E-state index is 14.3. The zero-order valence-corrected chi connectivity index (χ0v) is 41.8. The molecule has 2 saturated heterocycles. The van der Waals surface area contributed by atoms with Crippen LogP contribution in [0.15, 0.2) is 107 Å². The molecule has 68 heavy (non-hydrogen) atoms. The lowest BCUT2D eigenvalue weighted by atomic mass is 9.75. The van der Waals surface area contributed by atoms with Crippen molar-refractivity contribution < 1.29 is 45.7 Å². The van der Waals surface area contributed by atoms with Crippen molar-refractivity contribution in [3.8, 4) is 0 Å². The second kappa shape index (κ2) is 23.1. The fraction of sp³-hybridized carbons (Fsp3) is 0.478. The number of benzene rings is 3. The number of aromatic amines is 1. The van der Waals surface area contributed by atoms with Crippen LogP contribution in [0.4, 0.5) is 4.79 Å². The van der Waals surface area contributed by atoms with E-state index in [1.165, 1.54) is 29.3 Å². The summed E-state index contributed by atoms with van der Waals surface area (Å²) in [6.07, 6.45) is -0.972. The fourth-order valence-electron chi connectivity index (χ4n) is 8.90. The Labute approximate surface area is 405 Å². The molecule has 0 bridgehead atoms. The Morgan fingerprint density at radius 1 is 0.912 bits per heavy atom. The number of carbonyl (C=O) groups excluding carboxylic acids is 2. The zero-order valence-electron chi connectivity index (χ0n) is 38.5. The molecule has 0 aliphatic carbocycles. The molecule has 18 nitrogen and oxygen atoms in total. The molecule has 0 radical (unpaired) electrons. The van der Waals surface area contributed by atoms with Gasteiger partial charge < -0.3 is 33.7 Å². The topological polar surface area (TPSA) is 239 Å². The summed E-state index contributed by atoms with van der Waals surface area (Å²) in [5.74, 6) is -0.662. The highest BCUT2D eigenvalue weighted by atomic mass is 35.7. The summed E-state index contributed by atoms with van der Waals surface area (Å²) >= 11 is 1.31. The van der Waals surface area contributed by atoms with Gasteiger partial charge in [-0.05, 0) is 65.5 Å². The van der Waals surface area contributed by atoms with Gasteiger partial charge in [-0.3, -0.25) is 28.6 Å². The largest absolute Gasteiger partial charge is 0.449 e. The molecule has 2 fully saturated rings. The van der Waals surface area contributed by atoms with E-state index >= 15 is 0 Å². The third-order valence-electron chi connectivity index (χ3n) is 12.1. The first-order valence-electron chi connectivity index (χ1n) is 22.2. The van der Waals surface area contributed by atoms with Crippen molar-refractivity contribution in [2.75, 3.05) is 39.4 Å². The molecule has 6 atom stereocenters. The number of hydrogen-bond acceptors (Lipinski definition) is 11. The third kappa shape index (κ3) is 12.7. The van der Waals surface area contributed by atoms with Crippen molar-refractivity contribution in [1.29, 1.82) is 0 Å². The minimum absolute atomic E-state index is 0.00711. The van der Waals surface area contributed by atoms with Gasteiger partial charge in [0.05, 0.1) is 24.9 Å². The summed E-state index contributed by atoms with van der Waals surface area (Å²) in [6.45, 7) is 4.55. The van der Waals surface area contributed by atoms with Crippen LogP contribution < -0.4 is 21.9 Å². The SMILES string of the molecule is Cc1cn([C@H]2CN(C(c3ccccc3)(c3ccccc3)c3ccccc3)C[C@@H](COP(=O)(Cl)N3CCC(NC(=O)C(CC(C)(C)C(S(=O)O)S(=O)O)NC(=O)OCC(C)C)CC3)O2)c(=O)[nH]c1=O. The van der Waals surface area contributed by atoms with Crippen molar-refractivity contribution in [3.63, 3.8) is 0 Å². The van der Waals surface area contributed by atoms with E-state index in [0.717, 1.165) is 16.7 Å². The molecule has 1 aromatic heterocycles. The summed E-state index contributed by atoms with van der Waals surface area (Å²) in [4.78, 5) is 57.1. The van der Waals surface area contributed by atoms with Crippen molar-refractivity contribution in [1.82, 2.24) is 29.8 Å². The van der Waals surface area contributed by atoms with Gasteiger partial charge in [0.2, 0.25) is 5.91 Å². The van der Waals surface area contributed by atoms with Crippen LogP contribution >= 0.6 is 18.1 Å². The van der Waals surface area contributed by atoms with Crippen LogP contribution in [-0.2, 0) is 51.1 Å². The summed E-state index contributed by atoms with van der Waals surface area (Å²) in [5, 5.41) is 5.41. The maximum Gasteiger partial charge on any atom is 0.407 e. The van der Waals surface area contributed by atoms with Gasteiger partial charge in [0.25, 0.3) is 5.56 Å². The van der Waals surface area contributed by atoms with Crippen molar-refractivity contribution in [3.05, 3.63) is 140 Å². The minimum atomic E-state index is -4.06. The van der Waals surface area contributed by atoms with Crippen LogP contribution in [0.5, 0.6) is 0 Å². The molecular formula is C46H60ClN6O12PS2. The highest BCUT2D eigenvalue weighted by Crippen LogP contribution is 2.57. The molecule has 4 aromatic rings. The molecule has 6 rings (SSSR count). The smallest absolute Gasteiger partial charge is 0.407 e. The van der Waals surface area contributed by atoms with Crippen molar-refractivity contribution in [2.45, 2.75) is 88.4 Å². The van der Waals surface area contributed by atoms with Gasteiger partial charge in [0, 0.05) is 44.0 Å². The number of morpholine rings is 1. The number of nitrogens with zero attached hydrogens (tertiary/aromatic N) is 3. The molecule has 2 aliphatic rings. The van der Waals surface area contributed by atoms with Gasteiger partial charge in [0.1, 0.15) is 6.04 Å². The van der Waals surface area contributed by atoms with Gasteiger partial charge in [-0.25, -0.2) is 22.7 Å². The molecule has 4 unspecified atom stereocenters. The first kappa shape index (κ1) is 53.0. The number of alkyl carbamates (subject to hydrolysis) is 1. The molecule has 22 heteroatoms. The summed E-state index contributed by atoms with van der Waals surface area (Å²) in [6, 6.07) is 28.0. The Hall–Kier alpha value is -4.34. The lowest BCUT2D eigenvalue weighted by Gasteiger charge is -2.50. The van der Waals surface area contributed by atoms with Gasteiger partial charge in [-0.2, -0.15) is 0 Å². The number of nitrogens with one attached hydrogen (secondary N) is 3. The van der Waals surface area contributed by atoms with Gasteiger partial charge in [-0.15, -0.1) is 0 Å². The normalized spacial score (nSPS) is 20.4. The zero-order chi connectivity index (χ0) is 49.4. The lowest BCUT2D eigenvalue weighted by molar-refractivity contribution is -0.148. The fourth-order valence-corrected chi connectivity index (χ4v) is 12.6. The van der Waals surface area contributed by atoms with E-state index < -0.39 is 92.2 Å². The molecule has 5 N–H and O–H groups in total. The minimum Gasteiger partial charge on any atom is -0.449 e. The molecule has 3 heterocycles. The molecule has 3 aromatic carbocycles. The van der Waals surface area contributed by atoms with Gasteiger partial charge in [0.15, 0.2) is 33.0 Å². The van der Waals surface area contributed by atoms with E-state index in [9.17, 15) is 41.3 Å². The van der Waals surface area contributed by atoms with Crippen LogP contribution in [0.25, 0.3) is 0 Å². The highest BCUT2D eigenvalue weighted by molar-refractivity contribution is 7.97. The second-order valence-electron chi connectivity index (χ2n) is 18.2. The Bertz CT molecular complexity index is 2460. The van der Waals surface area contributed by atoms with E-state index in [2.05, 4.69) is 20.5 Å². The summed E-state index contributed by atoms with van der Waals surface area (Å²) in [7, 11) is 0. The average Bonchev–Trinajstić information content (AvgIpc) is 3.29. The summed E-state index contributed by atoms with van der Waals surface area (Å²) in [5.41, 5.74) is -0.420. The monoisotopic (exact) mass is 1020 g/mol. The number of halogens is 1. The van der Waals surface area contributed by atoms with E-state index in [-0.39, 0.29) is 64.6 Å².